The molecule has 7 heteroatoms. The number of alkyl halides is 3. The number of hydrogen-bond donors (Lipinski definition) is 0. The predicted octanol–water partition coefficient (Wildman–Crippen LogP) is 4.29. The molecule has 4 nitrogen and oxygen atoms in total. The Labute approximate surface area is 155 Å². The zero-order valence-electron chi connectivity index (χ0n) is 14.9. The lowest BCUT2D eigenvalue weighted by molar-refractivity contribution is -0.137. The highest BCUT2D eigenvalue weighted by atomic mass is 19.4. The number of nitrogens with zero attached hydrogens (tertiary/aromatic N) is 4. The molecule has 1 aliphatic heterocycles. The average molecular weight is 372 g/mol. The van der Waals surface area contributed by atoms with E-state index in [2.05, 4.69) is 9.88 Å². The van der Waals surface area contributed by atoms with Crippen molar-refractivity contribution in [2.75, 3.05) is 6.54 Å². The summed E-state index contributed by atoms with van der Waals surface area (Å²) >= 11 is 0. The number of hydrogen-bond acceptors (Lipinski definition) is 3. The molecule has 0 radical (unpaired) electrons. The summed E-state index contributed by atoms with van der Waals surface area (Å²) in [5.74, 6) is 0. The molecule has 0 saturated heterocycles. The maximum Gasteiger partial charge on any atom is 0.416 e. The minimum atomic E-state index is -4.30. The molecule has 0 bridgehead atoms. The maximum absolute atomic E-state index is 12.7. The molecule has 0 N–H and O–H groups in total. The van der Waals surface area contributed by atoms with Gasteiger partial charge in [0.05, 0.1) is 23.5 Å². The van der Waals surface area contributed by atoms with Crippen LogP contribution in [0.5, 0.6) is 0 Å². The van der Waals surface area contributed by atoms with Crippen molar-refractivity contribution in [3.05, 3.63) is 71.0 Å². The summed E-state index contributed by atoms with van der Waals surface area (Å²) < 4.78 is 40.1. The van der Waals surface area contributed by atoms with Crippen molar-refractivity contribution >= 4 is 0 Å². The van der Waals surface area contributed by atoms with Crippen LogP contribution >= 0.6 is 0 Å². The summed E-state index contributed by atoms with van der Waals surface area (Å²) in [5.41, 5.74) is 4.24. The fraction of sp³-hybridized carbons (Fsp3) is 0.300. The Hall–Kier alpha value is -2.67. The predicted molar refractivity (Wildman–Crippen MR) is 95.8 cm³/mol. The first-order valence-corrected chi connectivity index (χ1v) is 8.78. The molecule has 0 atom stereocenters. The van der Waals surface area contributed by atoms with E-state index in [0.717, 1.165) is 53.4 Å². The van der Waals surface area contributed by atoms with E-state index < -0.39 is 11.7 Å². The second-order valence-corrected chi connectivity index (χ2v) is 6.76. The zero-order valence-corrected chi connectivity index (χ0v) is 14.9. The lowest BCUT2D eigenvalue weighted by Crippen LogP contribution is -2.33. The summed E-state index contributed by atoms with van der Waals surface area (Å²) in [6.45, 7) is 4.93. The van der Waals surface area contributed by atoms with Crippen molar-refractivity contribution in [3.63, 3.8) is 0 Å². The summed E-state index contributed by atoms with van der Waals surface area (Å²) in [4.78, 5) is 6.62. The van der Waals surface area contributed by atoms with Crippen LogP contribution in [-0.4, -0.2) is 26.2 Å². The molecule has 0 spiro atoms. The van der Waals surface area contributed by atoms with Gasteiger partial charge >= 0.3 is 6.18 Å². The van der Waals surface area contributed by atoms with Crippen LogP contribution in [0.3, 0.4) is 0 Å². The van der Waals surface area contributed by atoms with Gasteiger partial charge in [0.15, 0.2) is 0 Å². The zero-order chi connectivity index (χ0) is 19.0. The average Bonchev–Trinajstić information content (AvgIpc) is 2.99. The molecule has 2 aromatic heterocycles. The molecule has 4 rings (SSSR count). The quantitative estimate of drug-likeness (QED) is 0.688. The second kappa shape index (κ2) is 6.81. The molecule has 140 valence electrons. The highest BCUT2D eigenvalue weighted by molar-refractivity contribution is 5.59. The normalized spacial score (nSPS) is 15.0. The lowest BCUT2D eigenvalue weighted by atomic mass is 10.1. The van der Waals surface area contributed by atoms with Crippen LogP contribution in [0.25, 0.3) is 11.4 Å². The van der Waals surface area contributed by atoms with Crippen LogP contribution in [-0.2, 0) is 25.8 Å². The summed E-state index contributed by atoms with van der Waals surface area (Å²) in [7, 11) is 0. The fourth-order valence-electron chi connectivity index (χ4n) is 3.44. The van der Waals surface area contributed by atoms with Crippen molar-refractivity contribution < 1.29 is 13.2 Å². The van der Waals surface area contributed by atoms with Gasteiger partial charge in [-0.05, 0) is 36.8 Å². The summed E-state index contributed by atoms with van der Waals surface area (Å²) in [6, 6.07) is 11.2. The van der Waals surface area contributed by atoms with Gasteiger partial charge in [0.2, 0.25) is 0 Å². The molecule has 1 aliphatic rings. The van der Waals surface area contributed by atoms with Crippen LogP contribution in [0.2, 0.25) is 0 Å². The van der Waals surface area contributed by atoms with E-state index in [1.807, 2.05) is 29.8 Å². The Kier molecular flexibility index (Phi) is 4.47. The third-order valence-electron chi connectivity index (χ3n) is 4.92. The lowest BCUT2D eigenvalue weighted by Gasteiger charge is -2.28. The molecule has 3 aromatic rings. The third-order valence-corrected chi connectivity index (χ3v) is 4.92. The molecule has 0 aliphatic carbocycles. The first-order valence-electron chi connectivity index (χ1n) is 8.78. The van der Waals surface area contributed by atoms with Crippen LogP contribution in [0.1, 0.15) is 22.4 Å². The van der Waals surface area contributed by atoms with Gasteiger partial charge in [-0.25, -0.2) is 0 Å². The molecular weight excluding hydrogens is 353 g/mol. The molecule has 27 heavy (non-hydrogen) atoms. The number of fused-ring (bicyclic) bond motifs is 1. The number of rotatable bonds is 3. The van der Waals surface area contributed by atoms with E-state index in [9.17, 15) is 13.2 Å². The van der Waals surface area contributed by atoms with Gasteiger partial charge < -0.3 is 0 Å². The van der Waals surface area contributed by atoms with Gasteiger partial charge in [-0.3, -0.25) is 14.6 Å². The highest BCUT2D eigenvalue weighted by Gasteiger charge is 2.30. The van der Waals surface area contributed by atoms with Crippen molar-refractivity contribution in [1.82, 2.24) is 19.7 Å². The standard InChI is InChI=1S/C20H19F3N4/c1-14-18-13-26(12-15-5-7-16(8-6-15)20(21,22)23)10-11-27(18)25-19(14)17-4-2-3-9-24-17/h2-9H,10-13H2,1H3. The van der Waals surface area contributed by atoms with Crippen LogP contribution in [0, 0.1) is 6.92 Å². The Bertz CT molecular complexity index is 930. The Morgan fingerprint density at radius 3 is 2.48 bits per heavy atom. The second-order valence-electron chi connectivity index (χ2n) is 6.76. The smallest absolute Gasteiger partial charge is 0.291 e. The molecule has 3 heterocycles. The van der Waals surface area contributed by atoms with Crippen molar-refractivity contribution in [2.24, 2.45) is 0 Å². The van der Waals surface area contributed by atoms with E-state index in [0.29, 0.717) is 13.1 Å². The molecule has 0 saturated carbocycles. The van der Waals surface area contributed by atoms with Crippen molar-refractivity contribution in [3.8, 4) is 11.4 Å². The number of pyridine rings is 1. The largest absolute Gasteiger partial charge is 0.416 e. The number of halogens is 3. The Balaban J connectivity index is 1.51. The van der Waals surface area contributed by atoms with Gasteiger partial charge in [-0.2, -0.15) is 18.3 Å². The van der Waals surface area contributed by atoms with Gasteiger partial charge in [0.1, 0.15) is 5.69 Å². The maximum atomic E-state index is 12.7. The topological polar surface area (TPSA) is 34.0 Å². The number of aromatic nitrogens is 3. The van der Waals surface area contributed by atoms with Crippen LogP contribution in [0.15, 0.2) is 48.7 Å². The van der Waals surface area contributed by atoms with Crippen molar-refractivity contribution in [2.45, 2.75) is 32.7 Å². The number of benzene rings is 1. The van der Waals surface area contributed by atoms with E-state index in [4.69, 9.17) is 5.10 Å². The monoisotopic (exact) mass is 372 g/mol. The van der Waals surface area contributed by atoms with E-state index in [1.165, 1.54) is 0 Å². The molecular formula is C20H19F3N4. The Morgan fingerprint density at radius 1 is 1.04 bits per heavy atom. The van der Waals surface area contributed by atoms with E-state index in [-0.39, 0.29) is 0 Å². The summed E-state index contributed by atoms with van der Waals surface area (Å²) in [6.07, 6.45) is -2.54. The van der Waals surface area contributed by atoms with E-state index in [1.54, 1.807) is 18.3 Å². The molecule has 0 unspecified atom stereocenters. The van der Waals surface area contributed by atoms with E-state index >= 15 is 0 Å². The molecule has 0 amide bonds. The van der Waals surface area contributed by atoms with Gasteiger partial charge in [-0.15, -0.1) is 0 Å². The van der Waals surface area contributed by atoms with Gasteiger partial charge in [-0.1, -0.05) is 18.2 Å². The summed E-state index contributed by atoms with van der Waals surface area (Å²) in [5, 5.41) is 4.70. The SMILES string of the molecule is Cc1c(-c2ccccn2)nn2c1CN(Cc1ccc(C(F)(F)F)cc1)CC2. The first-order chi connectivity index (χ1) is 12.9. The van der Waals surface area contributed by atoms with Gasteiger partial charge in [0, 0.05) is 31.4 Å². The van der Waals surface area contributed by atoms with Crippen LogP contribution < -0.4 is 0 Å². The minimum absolute atomic E-state index is 0.612. The molecule has 1 aromatic carbocycles. The van der Waals surface area contributed by atoms with Crippen molar-refractivity contribution in [1.29, 1.82) is 0 Å². The first kappa shape index (κ1) is 17.7. The highest BCUT2D eigenvalue weighted by Crippen LogP contribution is 2.30. The molecule has 0 fully saturated rings. The van der Waals surface area contributed by atoms with Gasteiger partial charge in [0.25, 0.3) is 0 Å². The Morgan fingerprint density at radius 2 is 1.81 bits per heavy atom. The third kappa shape index (κ3) is 3.60. The van der Waals surface area contributed by atoms with Crippen LogP contribution in [0.4, 0.5) is 13.2 Å². The minimum Gasteiger partial charge on any atom is -0.291 e. The fourth-order valence-corrected chi connectivity index (χ4v) is 3.44.